The van der Waals surface area contributed by atoms with E-state index in [9.17, 15) is 0 Å². The monoisotopic (exact) mass is 315 g/mol. The average Bonchev–Trinajstić information content (AvgIpc) is 2.90. The highest BCUT2D eigenvalue weighted by atomic mass is 35.5. The number of aromatic nitrogens is 3. The first kappa shape index (κ1) is 14.0. The maximum Gasteiger partial charge on any atom is 0.196 e. The molecule has 3 nitrogen and oxygen atoms in total. The van der Waals surface area contributed by atoms with Crippen LogP contribution in [0, 0.1) is 4.77 Å². The van der Waals surface area contributed by atoms with Gasteiger partial charge in [0.15, 0.2) is 10.6 Å². The molecule has 3 rings (SSSR count). The zero-order valence-electron chi connectivity index (χ0n) is 11.5. The maximum absolute atomic E-state index is 5.95. The molecule has 1 atom stereocenters. The van der Waals surface area contributed by atoms with Gasteiger partial charge in [0.2, 0.25) is 0 Å². The third kappa shape index (κ3) is 2.77. The summed E-state index contributed by atoms with van der Waals surface area (Å²) in [5.41, 5.74) is 2.17. The van der Waals surface area contributed by atoms with Crippen molar-refractivity contribution in [3.8, 4) is 11.4 Å². The molecule has 0 aliphatic heterocycles. The lowest BCUT2D eigenvalue weighted by Crippen LogP contribution is -2.08. The van der Waals surface area contributed by atoms with E-state index >= 15 is 0 Å². The van der Waals surface area contributed by atoms with Crippen LogP contribution >= 0.6 is 23.8 Å². The van der Waals surface area contributed by atoms with Gasteiger partial charge in [-0.15, -0.1) is 0 Å². The van der Waals surface area contributed by atoms with Gasteiger partial charge < -0.3 is 0 Å². The highest BCUT2D eigenvalue weighted by molar-refractivity contribution is 7.71. The van der Waals surface area contributed by atoms with Crippen LogP contribution in [-0.2, 0) is 0 Å². The molecule has 0 amide bonds. The summed E-state index contributed by atoms with van der Waals surface area (Å²) in [6, 6.07) is 17.9. The molecule has 2 aromatic carbocycles. The maximum atomic E-state index is 5.95. The SMILES string of the molecule is C[C@@H](c1ccccc1)n1c(-c2ccc(Cl)cc2)n[nH]c1=S. The molecule has 1 N–H and O–H groups in total. The molecule has 0 saturated heterocycles. The van der Waals surface area contributed by atoms with Gasteiger partial charge in [-0.2, -0.15) is 5.10 Å². The van der Waals surface area contributed by atoms with Crippen molar-refractivity contribution in [3.05, 3.63) is 70.0 Å². The van der Waals surface area contributed by atoms with Crippen molar-refractivity contribution in [2.45, 2.75) is 13.0 Å². The first-order chi connectivity index (χ1) is 10.2. The van der Waals surface area contributed by atoms with Gasteiger partial charge in [0.25, 0.3) is 0 Å². The minimum Gasteiger partial charge on any atom is -0.293 e. The summed E-state index contributed by atoms with van der Waals surface area (Å²) in [6.07, 6.45) is 0. The number of hydrogen-bond acceptors (Lipinski definition) is 2. The molecular weight excluding hydrogens is 302 g/mol. The van der Waals surface area contributed by atoms with Gasteiger partial charge >= 0.3 is 0 Å². The predicted octanol–water partition coefficient (Wildman–Crippen LogP) is 4.87. The second kappa shape index (κ2) is 5.84. The molecule has 0 spiro atoms. The normalized spacial score (nSPS) is 12.3. The van der Waals surface area contributed by atoms with Gasteiger partial charge in [0.05, 0.1) is 6.04 Å². The van der Waals surface area contributed by atoms with E-state index in [2.05, 4.69) is 29.3 Å². The Bertz CT molecular complexity index is 790. The fourth-order valence-corrected chi connectivity index (χ4v) is 2.76. The largest absolute Gasteiger partial charge is 0.293 e. The fraction of sp³-hybridized carbons (Fsp3) is 0.125. The van der Waals surface area contributed by atoms with Crippen LogP contribution in [0.1, 0.15) is 18.5 Å². The van der Waals surface area contributed by atoms with E-state index in [1.165, 1.54) is 5.56 Å². The third-order valence-corrected chi connectivity index (χ3v) is 4.02. The average molecular weight is 316 g/mol. The van der Waals surface area contributed by atoms with Gasteiger partial charge in [-0.05, 0) is 49.0 Å². The van der Waals surface area contributed by atoms with Gasteiger partial charge in [0.1, 0.15) is 0 Å². The molecule has 0 fully saturated rings. The summed E-state index contributed by atoms with van der Waals surface area (Å²) in [6.45, 7) is 2.11. The highest BCUT2D eigenvalue weighted by Gasteiger charge is 2.15. The molecule has 106 valence electrons. The van der Waals surface area contributed by atoms with Crippen LogP contribution in [0.2, 0.25) is 5.02 Å². The van der Waals surface area contributed by atoms with E-state index in [-0.39, 0.29) is 6.04 Å². The van der Waals surface area contributed by atoms with E-state index in [0.29, 0.717) is 9.79 Å². The van der Waals surface area contributed by atoms with Crippen molar-refractivity contribution in [2.75, 3.05) is 0 Å². The Morgan fingerprint density at radius 3 is 2.43 bits per heavy atom. The van der Waals surface area contributed by atoms with Crippen molar-refractivity contribution in [1.29, 1.82) is 0 Å². The van der Waals surface area contributed by atoms with E-state index in [0.717, 1.165) is 11.4 Å². The van der Waals surface area contributed by atoms with Crippen molar-refractivity contribution < 1.29 is 0 Å². The van der Waals surface area contributed by atoms with Crippen LogP contribution in [0.5, 0.6) is 0 Å². The fourth-order valence-electron chi connectivity index (χ4n) is 2.35. The van der Waals surface area contributed by atoms with E-state index in [4.69, 9.17) is 23.8 Å². The predicted molar refractivity (Wildman–Crippen MR) is 88.1 cm³/mol. The summed E-state index contributed by atoms with van der Waals surface area (Å²) in [5, 5.41) is 7.95. The second-order valence-corrected chi connectivity index (χ2v) is 5.64. The topological polar surface area (TPSA) is 33.6 Å². The van der Waals surface area contributed by atoms with Crippen molar-refractivity contribution >= 4 is 23.8 Å². The lowest BCUT2D eigenvalue weighted by Gasteiger charge is -2.16. The standard InChI is InChI=1S/C16H14ClN3S/c1-11(12-5-3-2-4-6-12)20-15(18-19-16(20)21)13-7-9-14(17)10-8-13/h2-11H,1H3,(H,19,21)/t11-/m0/s1. The Morgan fingerprint density at radius 2 is 1.76 bits per heavy atom. The number of nitrogens with zero attached hydrogens (tertiary/aromatic N) is 2. The summed E-state index contributed by atoms with van der Waals surface area (Å²) in [5.74, 6) is 0.813. The van der Waals surface area contributed by atoms with Crippen LogP contribution in [0.3, 0.4) is 0 Å². The van der Waals surface area contributed by atoms with E-state index < -0.39 is 0 Å². The quantitative estimate of drug-likeness (QED) is 0.699. The third-order valence-electron chi connectivity index (χ3n) is 3.48. The molecule has 0 saturated carbocycles. The molecule has 0 aliphatic carbocycles. The molecule has 5 heteroatoms. The number of nitrogens with one attached hydrogen (secondary N) is 1. The van der Waals surface area contributed by atoms with Crippen molar-refractivity contribution in [1.82, 2.24) is 14.8 Å². The molecule has 1 heterocycles. The number of rotatable bonds is 3. The molecule has 0 radical (unpaired) electrons. The second-order valence-electron chi connectivity index (χ2n) is 4.82. The molecule has 3 aromatic rings. The Labute approximate surface area is 133 Å². The smallest absolute Gasteiger partial charge is 0.196 e. The first-order valence-electron chi connectivity index (χ1n) is 6.64. The summed E-state index contributed by atoms with van der Waals surface area (Å²) in [7, 11) is 0. The summed E-state index contributed by atoms with van der Waals surface area (Å²) in [4.78, 5) is 0. The summed E-state index contributed by atoms with van der Waals surface area (Å²) < 4.78 is 2.63. The molecule has 0 unspecified atom stereocenters. The molecular formula is C16H14ClN3S. The van der Waals surface area contributed by atoms with Crippen molar-refractivity contribution in [2.24, 2.45) is 0 Å². The molecule has 1 aromatic heterocycles. The number of halogens is 1. The Morgan fingerprint density at radius 1 is 1.10 bits per heavy atom. The lowest BCUT2D eigenvalue weighted by molar-refractivity contribution is 0.635. The number of H-pyrrole nitrogens is 1. The molecule has 0 bridgehead atoms. The van der Waals surface area contributed by atoms with Crippen molar-refractivity contribution in [3.63, 3.8) is 0 Å². The number of aromatic amines is 1. The van der Waals surface area contributed by atoms with Crippen LogP contribution in [0.15, 0.2) is 54.6 Å². The van der Waals surface area contributed by atoms with Gasteiger partial charge in [-0.1, -0.05) is 41.9 Å². The van der Waals surface area contributed by atoms with E-state index in [1.807, 2.05) is 47.0 Å². The van der Waals surface area contributed by atoms with Crippen LogP contribution < -0.4 is 0 Å². The summed E-state index contributed by atoms with van der Waals surface area (Å²) >= 11 is 11.3. The van der Waals surface area contributed by atoms with Crippen LogP contribution in [0.25, 0.3) is 11.4 Å². The van der Waals surface area contributed by atoms with E-state index in [1.54, 1.807) is 0 Å². The van der Waals surface area contributed by atoms with Gasteiger partial charge in [-0.3, -0.25) is 9.67 Å². The van der Waals surface area contributed by atoms with Gasteiger partial charge in [-0.25, -0.2) is 0 Å². The molecule has 0 aliphatic rings. The Balaban J connectivity index is 2.09. The minimum atomic E-state index is 0.100. The zero-order chi connectivity index (χ0) is 14.8. The Kier molecular flexibility index (Phi) is 3.90. The zero-order valence-corrected chi connectivity index (χ0v) is 13.0. The molecule has 21 heavy (non-hydrogen) atoms. The van der Waals surface area contributed by atoms with Gasteiger partial charge in [0, 0.05) is 10.6 Å². The lowest BCUT2D eigenvalue weighted by atomic mass is 10.1. The number of benzene rings is 2. The first-order valence-corrected chi connectivity index (χ1v) is 7.43. The van der Waals surface area contributed by atoms with Crippen LogP contribution in [-0.4, -0.2) is 14.8 Å². The number of hydrogen-bond donors (Lipinski definition) is 1. The Hall–Kier alpha value is -1.91. The highest BCUT2D eigenvalue weighted by Crippen LogP contribution is 2.26. The van der Waals surface area contributed by atoms with Crippen LogP contribution in [0.4, 0.5) is 0 Å². The minimum absolute atomic E-state index is 0.100.